The minimum atomic E-state index is 0. The summed E-state index contributed by atoms with van der Waals surface area (Å²) in [7, 11) is 4.27. The molecule has 0 N–H and O–H groups in total. The number of para-hydroxylation sites is 2. The van der Waals surface area contributed by atoms with Gasteiger partial charge in [-0.15, -0.1) is 0 Å². The van der Waals surface area contributed by atoms with E-state index in [0.717, 1.165) is 0 Å². The van der Waals surface area contributed by atoms with Crippen LogP contribution in [0.25, 0.3) is 17.0 Å². The standard InChI is InChI=1S/C23H24N2.2HI/c1-23(2)19-10-6-8-12-21(19)25(4)22(23)14-13-17-15-18-9-5-7-11-20(18)24(3)16-17;;/h5-16H,1-4H3;2*1H/q+2;;/p-2. The van der Waals surface area contributed by atoms with Crippen LogP contribution in [0.1, 0.15) is 25.0 Å². The summed E-state index contributed by atoms with van der Waals surface area (Å²) < 4.78 is 4.50. The van der Waals surface area contributed by atoms with Crippen molar-refractivity contribution in [2.24, 2.45) is 7.05 Å². The molecule has 0 radical (unpaired) electrons. The lowest BCUT2D eigenvalue weighted by molar-refractivity contribution is -0.645. The summed E-state index contributed by atoms with van der Waals surface area (Å²) in [6, 6.07) is 19.4. The van der Waals surface area contributed by atoms with Crippen LogP contribution in [0, 0.1) is 0 Å². The Morgan fingerprint density at radius 2 is 1.52 bits per heavy atom. The third kappa shape index (κ3) is 3.83. The molecule has 140 valence electrons. The summed E-state index contributed by atoms with van der Waals surface area (Å²) in [5.41, 5.74) is 6.50. The van der Waals surface area contributed by atoms with Gasteiger partial charge >= 0.3 is 0 Å². The van der Waals surface area contributed by atoms with Crippen LogP contribution in [0.15, 0.2) is 66.9 Å². The molecule has 4 heteroatoms. The highest BCUT2D eigenvalue weighted by molar-refractivity contribution is 6.05. The highest BCUT2D eigenvalue weighted by atomic mass is 127. The molecule has 0 atom stereocenters. The second-order valence-corrected chi connectivity index (χ2v) is 7.36. The number of benzene rings is 2. The highest BCUT2D eigenvalue weighted by Crippen LogP contribution is 2.39. The Balaban J connectivity index is 0.00000131. The van der Waals surface area contributed by atoms with Gasteiger partial charge in [-0.25, -0.2) is 4.57 Å². The van der Waals surface area contributed by atoms with Crippen LogP contribution in [0.5, 0.6) is 0 Å². The number of halogens is 2. The first kappa shape index (κ1) is 22.0. The van der Waals surface area contributed by atoms with Crippen LogP contribution < -0.4 is 52.5 Å². The zero-order valence-electron chi connectivity index (χ0n) is 16.1. The van der Waals surface area contributed by atoms with E-state index in [1.807, 2.05) is 0 Å². The second-order valence-electron chi connectivity index (χ2n) is 7.36. The Labute approximate surface area is 195 Å². The van der Waals surface area contributed by atoms with E-state index in [1.165, 1.54) is 33.4 Å². The molecule has 2 aromatic carbocycles. The zero-order valence-corrected chi connectivity index (χ0v) is 20.4. The molecule has 2 nitrogen and oxygen atoms in total. The smallest absolute Gasteiger partial charge is 0.212 e. The average molecular weight is 582 g/mol. The summed E-state index contributed by atoms with van der Waals surface area (Å²) in [4.78, 5) is 0. The molecule has 1 aliphatic heterocycles. The van der Waals surface area contributed by atoms with Crippen molar-refractivity contribution in [3.8, 4) is 0 Å². The van der Waals surface area contributed by atoms with Crippen LogP contribution in [-0.4, -0.2) is 17.3 Å². The van der Waals surface area contributed by atoms with Crippen molar-refractivity contribution in [2.45, 2.75) is 19.3 Å². The molecule has 0 fully saturated rings. The fourth-order valence-electron chi connectivity index (χ4n) is 4.01. The van der Waals surface area contributed by atoms with Crippen molar-refractivity contribution in [2.75, 3.05) is 7.05 Å². The van der Waals surface area contributed by atoms with Gasteiger partial charge in [-0.2, -0.15) is 4.58 Å². The lowest BCUT2D eigenvalue weighted by Crippen LogP contribution is -3.00. The average Bonchev–Trinajstić information content (AvgIpc) is 2.80. The lowest BCUT2D eigenvalue weighted by atomic mass is 9.81. The maximum Gasteiger partial charge on any atom is 0.212 e. The minimum absolute atomic E-state index is 0. The Morgan fingerprint density at radius 1 is 0.852 bits per heavy atom. The van der Waals surface area contributed by atoms with Crippen LogP contribution >= 0.6 is 0 Å². The Hall–Kier alpha value is -1.28. The molecule has 2 heterocycles. The minimum Gasteiger partial charge on any atom is -1.00 e. The van der Waals surface area contributed by atoms with Gasteiger partial charge in [-0.05, 0) is 32.1 Å². The van der Waals surface area contributed by atoms with E-state index < -0.39 is 0 Å². The topological polar surface area (TPSA) is 6.89 Å². The van der Waals surface area contributed by atoms with E-state index in [1.54, 1.807) is 0 Å². The maximum atomic E-state index is 2.31. The summed E-state index contributed by atoms with van der Waals surface area (Å²) in [6.45, 7) is 4.60. The SMILES string of the molecule is C[N+]1=C(C=Cc2cc3ccccc3[n+](C)c2)C(C)(C)c2ccccc21.[I-].[I-]. The predicted molar refractivity (Wildman–Crippen MR) is 104 cm³/mol. The van der Waals surface area contributed by atoms with Crippen molar-refractivity contribution in [3.63, 3.8) is 0 Å². The van der Waals surface area contributed by atoms with E-state index in [4.69, 9.17) is 0 Å². The van der Waals surface area contributed by atoms with Crippen molar-refractivity contribution in [1.29, 1.82) is 0 Å². The molecular formula is C23H24I2N2. The van der Waals surface area contributed by atoms with E-state index in [9.17, 15) is 0 Å². The normalized spacial score (nSPS) is 14.8. The molecule has 4 rings (SSSR count). The van der Waals surface area contributed by atoms with E-state index in [2.05, 4.69) is 110 Å². The largest absolute Gasteiger partial charge is 1.00 e. The molecule has 0 aliphatic carbocycles. The van der Waals surface area contributed by atoms with Gasteiger partial charge in [0.15, 0.2) is 11.9 Å². The highest BCUT2D eigenvalue weighted by Gasteiger charge is 2.42. The molecular weight excluding hydrogens is 558 g/mol. The second kappa shape index (κ2) is 8.39. The molecule has 3 aromatic rings. The lowest BCUT2D eigenvalue weighted by Gasteiger charge is -2.15. The number of fused-ring (bicyclic) bond motifs is 2. The number of allylic oxidation sites excluding steroid dienone is 1. The van der Waals surface area contributed by atoms with Gasteiger partial charge < -0.3 is 48.0 Å². The molecule has 0 amide bonds. The fraction of sp³-hybridized carbons (Fsp3) is 0.217. The Bertz CT molecular complexity index is 1050. The number of hydrogen-bond donors (Lipinski definition) is 0. The number of nitrogens with zero attached hydrogens (tertiary/aromatic N) is 2. The van der Waals surface area contributed by atoms with Crippen molar-refractivity contribution in [3.05, 3.63) is 78.0 Å². The van der Waals surface area contributed by atoms with Crippen molar-refractivity contribution in [1.82, 2.24) is 0 Å². The number of aryl methyl sites for hydroxylation is 1. The van der Waals surface area contributed by atoms with Crippen LogP contribution in [0.3, 0.4) is 0 Å². The van der Waals surface area contributed by atoms with Crippen molar-refractivity contribution >= 4 is 28.4 Å². The molecule has 1 aliphatic rings. The number of aromatic nitrogens is 1. The predicted octanol–water partition coefficient (Wildman–Crippen LogP) is -1.61. The monoisotopic (exact) mass is 582 g/mol. The van der Waals surface area contributed by atoms with Gasteiger partial charge in [0.2, 0.25) is 11.2 Å². The number of hydrogen-bond acceptors (Lipinski definition) is 0. The number of pyridine rings is 1. The zero-order chi connectivity index (χ0) is 17.6. The summed E-state index contributed by atoms with van der Waals surface area (Å²) in [5.74, 6) is 0. The van der Waals surface area contributed by atoms with E-state index in [-0.39, 0.29) is 53.4 Å². The van der Waals surface area contributed by atoms with Crippen LogP contribution in [0.2, 0.25) is 0 Å². The van der Waals surface area contributed by atoms with Gasteiger partial charge in [0, 0.05) is 34.7 Å². The molecule has 0 unspecified atom stereocenters. The summed E-state index contributed by atoms with van der Waals surface area (Å²) >= 11 is 0. The molecule has 0 bridgehead atoms. The molecule has 1 aromatic heterocycles. The van der Waals surface area contributed by atoms with Crippen LogP contribution in [0.4, 0.5) is 5.69 Å². The first-order valence-corrected chi connectivity index (χ1v) is 8.75. The van der Waals surface area contributed by atoms with Gasteiger partial charge in [0.1, 0.15) is 14.1 Å². The third-order valence-electron chi connectivity index (χ3n) is 5.36. The quantitative estimate of drug-likeness (QED) is 0.254. The van der Waals surface area contributed by atoms with Gasteiger partial charge in [0.25, 0.3) is 0 Å². The number of rotatable bonds is 2. The molecule has 0 spiro atoms. The summed E-state index contributed by atoms with van der Waals surface area (Å²) in [5, 5.41) is 1.26. The Morgan fingerprint density at radius 3 is 2.26 bits per heavy atom. The van der Waals surface area contributed by atoms with Gasteiger partial charge in [-0.1, -0.05) is 30.3 Å². The fourth-order valence-corrected chi connectivity index (χ4v) is 4.01. The van der Waals surface area contributed by atoms with Gasteiger partial charge in [0.05, 0.1) is 5.41 Å². The molecule has 0 saturated carbocycles. The van der Waals surface area contributed by atoms with E-state index in [0.29, 0.717) is 0 Å². The Kier molecular flexibility index (Phi) is 6.84. The van der Waals surface area contributed by atoms with E-state index >= 15 is 0 Å². The van der Waals surface area contributed by atoms with Crippen LogP contribution in [-0.2, 0) is 12.5 Å². The molecule has 27 heavy (non-hydrogen) atoms. The molecule has 0 saturated heterocycles. The maximum absolute atomic E-state index is 2.31. The first-order valence-electron chi connectivity index (χ1n) is 8.75. The van der Waals surface area contributed by atoms with Crippen molar-refractivity contribution < 1.29 is 57.1 Å². The first-order chi connectivity index (χ1) is 12.0. The summed E-state index contributed by atoms with van der Waals surface area (Å²) in [6.07, 6.45) is 6.69. The van der Waals surface area contributed by atoms with Gasteiger partial charge in [-0.3, -0.25) is 0 Å². The third-order valence-corrected chi connectivity index (χ3v) is 5.36.